The maximum Gasteiger partial charge on any atom is 0.410 e. The largest absolute Gasteiger partial charge is 0.444 e. The molecule has 2 amide bonds. The van der Waals surface area contributed by atoms with E-state index in [1.807, 2.05) is 71.9 Å². The molecule has 0 bridgehead atoms. The number of fused-ring (bicyclic) bond motifs is 4. The van der Waals surface area contributed by atoms with Gasteiger partial charge in [0.2, 0.25) is 0 Å². The first-order chi connectivity index (χ1) is 23.2. The van der Waals surface area contributed by atoms with E-state index in [0.717, 1.165) is 52.5 Å². The quantitative estimate of drug-likeness (QED) is 0.184. The van der Waals surface area contributed by atoms with Crippen molar-refractivity contribution >= 4 is 45.0 Å². The number of aromatic nitrogens is 4. The molecule has 254 valence electrons. The molecule has 2 atom stereocenters. The van der Waals surface area contributed by atoms with Crippen LogP contribution in [0.1, 0.15) is 102 Å². The second kappa shape index (κ2) is 12.1. The van der Waals surface area contributed by atoms with Gasteiger partial charge in [-0.05, 0) is 103 Å². The number of hydrogen-bond acceptors (Lipinski definition) is 6. The number of halogens is 1. The number of hydrogen-bond donors (Lipinski definition) is 2. The Bertz CT molecular complexity index is 2160. The lowest BCUT2D eigenvalue weighted by Crippen LogP contribution is -2.36. The third kappa shape index (κ3) is 6.64. The molecule has 0 saturated carbocycles. The van der Waals surface area contributed by atoms with Crippen LogP contribution in [0.3, 0.4) is 0 Å². The number of H-pyrrole nitrogens is 2. The maximum atomic E-state index is 15.3. The highest BCUT2D eigenvalue weighted by molar-refractivity contribution is 6.04. The summed E-state index contributed by atoms with van der Waals surface area (Å²) >= 11 is 0. The van der Waals surface area contributed by atoms with Crippen LogP contribution in [0.25, 0.3) is 32.8 Å². The first kappa shape index (κ1) is 32.4. The van der Waals surface area contributed by atoms with Crippen molar-refractivity contribution in [3.63, 3.8) is 0 Å². The van der Waals surface area contributed by atoms with E-state index in [1.54, 1.807) is 15.9 Å². The molecule has 2 aliphatic rings. The van der Waals surface area contributed by atoms with Gasteiger partial charge in [-0.15, -0.1) is 0 Å². The highest BCUT2D eigenvalue weighted by Crippen LogP contribution is 2.35. The van der Waals surface area contributed by atoms with Gasteiger partial charge in [-0.25, -0.2) is 23.9 Å². The van der Waals surface area contributed by atoms with Crippen molar-refractivity contribution in [3.8, 4) is 11.8 Å². The Kier molecular flexibility index (Phi) is 8.01. The average Bonchev–Trinajstić information content (AvgIpc) is 3.83. The van der Waals surface area contributed by atoms with Crippen molar-refractivity contribution in [1.29, 1.82) is 0 Å². The molecule has 49 heavy (non-hydrogen) atoms. The molecule has 5 aromatic rings. The lowest BCUT2D eigenvalue weighted by molar-refractivity contribution is 0.0208. The molecule has 0 radical (unpaired) electrons. The highest BCUT2D eigenvalue weighted by atomic mass is 19.1. The van der Waals surface area contributed by atoms with E-state index in [2.05, 4.69) is 26.8 Å². The Morgan fingerprint density at radius 1 is 0.755 bits per heavy atom. The summed E-state index contributed by atoms with van der Waals surface area (Å²) in [5.41, 5.74) is 2.58. The van der Waals surface area contributed by atoms with Gasteiger partial charge in [-0.2, -0.15) is 0 Å². The molecule has 3 aromatic carbocycles. The molecular weight excluding hydrogens is 623 g/mol. The summed E-state index contributed by atoms with van der Waals surface area (Å²) in [4.78, 5) is 45.3. The molecule has 2 aliphatic heterocycles. The normalized spacial score (nSPS) is 18.3. The van der Waals surface area contributed by atoms with Crippen LogP contribution in [0, 0.1) is 17.7 Å². The standard InChI is InChI=1S/C38H41FN6O4/c1-37(2,3)48-35(46)44-17-7-9-29(44)33-40-27-16-14-24-19-22(13-15-25(24)31(27)42-33)11-12-23-20-26(39)32-28(21-23)41-34(43-32)30-10-8-18-45(30)36(47)49-38(4,5)6/h13-16,19-21,29-30H,7-10,17-18H2,1-6H3,(H,40,42)(H,41,43)/t29-,30-/m0/s1. The van der Waals surface area contributed by atoms with E-state index in [0.29, 0.717) is 36.4 Å². The summed E-state index contributed by atoms with van der Waals surface area (Å²) in [5.74, 6) is 7.09. The van der Waals surface area contributed by atoms with Crippen LogP contribution in [0.15, 0.2) is 42.5 Å². The SMILES string of the molecule is CC(C)(C)OC(=O)N1CCC[C@H]1c1nc2c(F)cc(C#Cc3ccc4c(ccc5[nH]c([C@@H]6CCCN6C(=O)OC(C)(C)C)nc54)c3)cc2[nH]1. The number of benzene rings is 3. The highest BCUT2D eigenvalue weighted by Gasteiger charge is 2.36. The van der Waals surface area contributed by atoms with Crippen molar-refractivity contribution < 1.29 is 23.5 Å². The minimum Gasteiger partial charge on any atom is -0.444 e. The molecule has 4 heterocycles. The lowest BCUT2D eigenvalue weighted by Gasteiger charge is -2.27. The Balaban J connectivity index is 1.12. The van der Waals surface area contributed by atoms with Gasteiger partial charge in [-0.3, -0.25) is 9.80 Å². The summed E-state index contributed by atoms with van der Waals surface area (Å²) in [5, 5.41) is 1.94. The number of carbonyl (C=O) groups is 2. The molecule has 2 fully saturated rings. The first-order valence-electron chi connectivity index (χ1n) is 16.9. The summed E-state index contributed by atoms with van der Waals surface area (Å²) in [7, 11) is 0. The summed E-state index contributed by atoms with van der Waals surface area (Å²) in [6.07, 6.45) is 2.50. The van der Waals surface area contributed by atoms with Crippen LogP contribution in [0.4, 0.5) is 14.0 Å². The zero-order valence-corrected chi connectivity index (χ0v) is 28.7. The number of rotatable bonds is 2. The zero-order chi connectivity index (χ0) is 34.7. The van der Waals surface area contributed by atoms with Gasteiger partial charge in [0.05, 0.1) is 28.6 Å². The van der Waals surface area contributed by atoms with E-state index in [-0.39, 0.29) is 23.7 Å². The van der Waals surface area contributed by atoms with Crippen LogP contribution >= 0.6 is 0 Å². The second-order valence-corrected chi connectivity index (χ2v) is 14.9. The number of nitrogens with one attached hydrogen (secondary N) is 2. The third-order valence-electron chi connectivity index (χ3n) is 8.79. The number of carbonyl (C=O) groups excluding carboxylic acids is 2. The fourth-order valence-corrected chi connectivity index (χ4v) is 6.71. The number of likely N-dealkylation sites (tertiary alicyclic amines) is 2. The predicted molar refractivity (Wildman–Crippen MR) is 185 cm³/mol. The fourth-order valence-electron chi connectivity index (χ4n) is 6.71. The van der Waals surface area contributed by atoms with Crippen molar-refractivity contribution in [2.75, 3.05) is 13.1 Å². The number of ether oxygens (including phenoxy) is 2. The van der Waals surface area contributed by atoms with E-state index in [1.165, 1.54) is 6.07 Å². The number of aromatic amines is 2. The van der Waals surface area contributed by atoms with E-state index in [4.69, 9.17) is 14.5 Å². The molecule has 10 nitrogen and oxygen atoms in total. The van der Waals surface area contributed by atoms with Gasteiger partial charge in [0.25, 0.3) is 0 Å². The van der Waals surface area contributed by atoms with Gasteiger partial charge in [0.15, 0.2) is 5.82 Å². The van der Waals surface area contributed by atoms with Crippen LogP contribution in [0.2, 0.25) is 0 Å². The van der Waals surface area contributed by atoms with Crippen LogP contribution in [0.5, 0.6) is 0 Å². The van der Waals surface area contributed by atoms with Crippen molar-refractivity contribution in [1.82, 2.24) is 29.7 Å². The van der Waals surface area contributed by atoms with Gasteiger partial charge < -0.3 is 19.4 Å². The Morgan fingerprint density at radius 3 is 1.94 bits per heavy atom. The molecule has 7 rings (SSSR count). The molecule has 2 N–H and O–H groups in total. The molecule has 0 unspecified atom stereocenters. The van der Waals surface area contributed by atoms with Crippen molar-refractivity contribution in [2.24, 2.45) is 0 Å². The number of amides is 2. The molecular formula is C38H41FN6O4. The minimum absolute atomic E-state index is 0.173. The minimum atomic E-state index is -0.611. The lowest BCUT2D eigenvalue weighted by atomic mass is 10.1. The van der Waals surface area contributed by atoms with E-state index < -0.39 is 23.1 Å². The van der Waals surface area contributed by atoms with E-state index in [9.17, 15) is 9.59 Å². The Labute approximate surface area is 284 Å². The monoisotopic (exact) mass is 664 g/mol. The van der Waals surface area contributed by atoms with Gasteiger partial charge in [0.1, 0.15) is 28.4 Å². The molecule has 2 saturated heterocycles. The van der Waals surface area contributed by atoms with Crippen LogP contribution in [-0.4, -0.2) is 66.2 Å². The zero-order valence-electron chi connectivity index (χ0n) is 28.7. The van der Waals surface area contributed by atoms with Gasteiger partial charge in [-0.1, -0.05) is 24.0 Å². The predicted octanol–water partition coefficient (Wildman–Crippen LogP) is 8.28. The van der Waals surface area contributed by atoms with Crippen molar-refractivity contribution in [2.45, 2.75) is 90.5 Å². The smallest absolute Gasteiger partial charge is 0.410 e. The topological polar surface area (TPSA) is 116 Å². The van der Waals surface area contributed by atoms with E-state index >= 15 is 4.39 Å². The summed E-state index contributed by atoms with van der Waals surface area (Å²) in [6.45, 7) is 12.3. The molecule has 2 aromatic heterocycles. The second-order valence-electron chi connectivity index (χ2n) is 14.9. The average molecular weight is 665 g/mol. The summed E-state index contributed by atoms with van der Waals surface area (Å²) < 4.78 is 26.5. The van der Waals surface area contributed by atoms with Gasteiger partial charge >= 0.3 is 12.2 Å². The fraction of sp³-hybridized carbons (Fsp3) is 0.421. The number of nitrogens with zero attached hydrogens (tertiary/aromatic N) is 4. The third-order valence-corrected chi connectivity index (χ3v) is 8.79. The van der Waals surface area contributed by atoms with Gasteiger partial charge in [0, 0.05) is 29.6 Å². The summed E-state index contributed by atoms with van der Waals surface area (Å²) in [6, 6.07) is 12.6. The van der Waals surface area contributed by atoms with Crippen LogP contribution in [-0.2, 0) is 9.47 Å². The molecule has 0 aliphatic carbocycles. The Hall–Kier alpha value is -5.11. The van der Waals surface area contributed by atoms with Crippen molar-refractivity contribution in [3.05, 3.63) is 71.1 Å². The van der Waals surface area contributed by atoms with Crippen LogP contribution < -0.4 is 0 Å². The molecule has 0 spiro atoms. The number of imidazole rings is 2. The molecule has 11 heteroatoms. The maximum absolute atomic E-state index is 15.3. The Morgan fingerprint density at radius 2 is 1.33 bits per heavy atom. The first-order valence-corrected chi connectivity index (χ1v) is 16.9.